The van der Waals surface area contributed by atoms with Crippen LogP contribution < -0.4 is 15.1 Å². The molecule has 0 atom stereocenters. The number of hydrogen-bond donors (Lipinski definition) is 2. The van der Waals surface area contributed by atoms with Gasteiger partial charge in [0.05, 0.1) is 23.5 Å². The van der Waals surface area contributed by atoms with E-state index >= 15 is 0 Å². The highest BCUT2D eigenvalue weighted by molar-refractivity contribution is 7.17. The lowest BCUT2D eigenvalue weighted by atomic mass is 10.1. The number of carbonyl (C=O) groups excluding carboxylic acids is 1. The molecule has 0 radical (unpaired) electrons. The number of aromatic nitrogens is 3. The molecule has 1 aliphatic heterocycles. The van der Waals surface area contributed by atoms with Crippen molar-refractivity contribution in [2.75, 3.05) is 61.0 Å². The Morgan fingerprint density at radius 1 is 1.22 bits per heavy atom. The van der Waals surface area contributed by atoms with E-state index < -0.39 is 0 Å². The van der Waals surface area contributed by atoms with E-state index in [2.05, 4.69) is 37.0 Å². The molecule has 11 heteroatoms. The Labute approximate surface area is 227 Å². The highest BCUT2D eigenvalue weighted by Crippen LogP contribution is 2.33. The van der Waals surface area contributed by atoms with Crippen LogP contribution in [-0.2, 0) is 0 Å². The molecule has 1 fully saturated rings. The molecule has 1 aliphatic rings. The summed E-state index contributed by atoms with van der Waals surface area (Å²) < 4.78 is 0. The molecule has 9 nitrogen and oxygen atoms in total. The maximum Gasteiger partial charge on any atom is 0.270 e. The molecular weight excluding hydrogens is 510 g/mol. The van der Waals surface area contributed by atoms with Gasteiger partial charge in [0.2, 0.25) is 0 Å². The third-order valence-electron chi connectivity index (χ3n) is 6.33. The molecule has 1 amide bonds. The summed E-state index contributed by atoms with van der Waals surface area (Å²) in [4.78, 5) is 33.9. The molecule has 0 unspecified atom stereocenters. The number of aliphatic hydroxyl groups excluding tert-OH is 1. The molecule has 2 N–H and O–H groups in total. The van der Waals surface area contributed by atoms with Gasteiger partial charge in [-0.15, -0.1) is 0 Å². The topological polar surface area (TPSA) is 97.7 Å². The average Bonchev–Trinajstić information content (AvgIpc) is 3.34. The van der Waals surface area contributed by atoms with Gasteiger partial charge in [0.15, 0.2) is 5.13 Å². The number of anilines is 4. The minimum absolute atomic E-state index is 0.115. The predicted molar refractivity (Wildman–Crippen MR) is 151 cm³/mol. The number of halogens is 1. The summed E-state index contributed by atoms with van der Waals surface area (Å²) in [6, 6.07) is 7.59. The fourth-order valence-electron chi connectivity index (χ4n) is 4.39. The van der Waals surface area contributed by atoms with Crippen LogP contribution in [0.2, 0.25) is 5.02 Å². The van der Waals surface area contributed by atoms with Crippen molar-refractivity contribution in [1.82, 2.24) is 19.9 Å². The number of amides is 1. The first kappa shape index (κ1) is 27.3. The second-order valence-corrected chi connectivity index (χ2v) is 10.5. The molecule has 0 spiro atoms. The number of carbonyl (C=O) groups is 1. The summed E-state index contributed by atoms with van der Waals surface area (Å²) in [5, 5.41) is 13.6. The summed E-state index contributed by atoms with van der Waals surface area (Å²) >= 11 is 7.81. The fourth-order valence-corrected chi connectivity index (χ4v) is 5.49. The fraction of sp³-hybridized carbons (Fsp3) is 0.462. The number of aryl methyl sites for hydroxylation is 2. The van der Waals surface area contributed by atoms with Crippen LogP contribution in [0.4, 0.5) is 22.5 Å². The van der Waals surface area contributed by atoms with E-state index in [1.807, 2.05) is 38.1 Å². The van der Waals surface area contributed by atoms with Crippen LogP contribution >= 0.6 is 22.9 Å². The van der Waals surface area contributed by atoms with Crippen LogP contribution in [0.25, 0.3) is 0 Å². The third-order valence-corrected chi connectivity index (χ3v) is 7.53. The first-order valence-electron chi connectivity index (χ1n) is 12.6. The van der Waals surface area contributed by atoms with E-state index in [9.17, 15) is 9.90 Å². The lowest BCUT2D eigenvalue weighted by Gasteiger charge is -2.35. The Morgan fingerprint density at radius 3 is 2.70 bits per heavy atom. The average molecular weight is 544 g/mol. The van der Waals surface area contributed by atoms with Crippen LogP contribution in [0.5, 0.6) is 0 Å². The summed E-state index contributed by atoms with van der Waals surface area (Å²) in [6.45, 7) is 10.8. The molecule has 198 valence electrons. The minimum atomic E-state index is -0.115. The Balaban J connectivity index is 1.50. The van der Waals surface area contributed by atoms with Crippen LogP contribution in [0, 0.1) is 13.8 Å². The van der Waals surface area contributed by atoms with Gasteiger partial charge in [-0.3, -0.25) is 9.69 Å². The SMILES string of the molecule is CCCCN(C(=O)c1cnc(Nc2cc(N3CCN(CCO)CC3)nc(C)n2)s1)c1c(C)cccc1Cl. The van der Waals surface area contributed by atoms with Crippen LogP contribution in [0.15, 0.2) is 30.5 Å². The standard InChI is InChI=1S/C26H34ClN7O2S/c1-4-5-9-34(24-18(2)7-6-8-20(24)27)25(36)21-17-28-26(37-21)31-22-16-23(30-19(3)29-22)33-12-10-32(11-13-33)14-15-35/h6-8,16-17,35H,4-5,9-15H2,1-3H3,(H,28,29,30,31). The number of rotatable bonds is 10. The van der Waals surface area contributed by atoms with Crippen molar-refractivity contribution < 1.29 is 9.90 Å². The number of β-amino-alcohol motifs (C(OH)–C–C–N with tert-alkyl or cyclic N) is 1. The van der Waals surface area contributed by atoms with Crippen molar-refractivity contribution >= 4 is 51.3 Å². The van der Waals surface area contributed by atoms with Crippen molar-refractivity contribution in [3.8, 4) is 0 Å². The molecule has 0 bridgehead atoms. The first-order chi connectivity index (χ1) is 17.9. The number of nitrogens with one attached hydrogen (secondary N) is 1. The van der Waals surface area contributed by atoms with E-state index in [1.54, 1.807) is 11.1 Å². The molecule has 3 heterocycles. The smallest absolute Gasteiger partial charge is 0.270 e. The summed E-state index contributed by atoms with van der Waals surface area (Å²) in [7, 11) is 0. The van der Waals surface area contributed by atoms with E-state index in [1.165, 1.54) is 11.3 Å². The molecular formula is C26H34ClN7O2S. The van der Waals surface area contributed by atoms with Gasteiger partial charge in [-0.1, -0.05) is 48.4 Å². The number of hydrogen-bond acceptors (Lipinski definition) is 9. The largest absolute Gasteiger partial charge is 0.395 e. The Bertz CT molecular complexity index is 1190. The zero-order chi connectivity index (χ0) is 26.4. The normalized spacial score (nSPS) is 14.1. The Morgan fingerprint density at radius 2 is 2.00 bits per heavy atom. The second kappa shape index (κ2) is 12.6. The number of aliphatic hydroxyl groups is 1. The Hall–Kier alpha value is -2.79. The number of piperazine rings is 1. The molecule has 3 aromatic rings. The maximum atomic E-state index is 13.6. The van der Waals surface area contributed by atoms with Gasteiger partial charge in [0.1, 0.15) is 22.3 Å². The molecule has 1 saturated heterocycles. The highest BCUT2D eigenvalue weighted by atomic mass is 35.5. The number of para-hydroxylation sites is 1. The number of nitrogens with zero attached hydrogens (tertiary/aromatic N) is 6. The van der Waals surface area contributed by atoms with Crippen molar-refractivity contribution in [3.63, 3.8) is 0 Å². The van der Waals surface area contributed by atoms with Crippen molar-refractivity contribution in [2.24, 2.45) is 0 Å². The lowest BCUT2D eigenvalue weighted by Crippen LogP contribution is -2.47. The monoisotopic (exact) mass is 543 g/mol. The highest BCUT2D eigenvalue weighted by Gasteiger charge is 2.24. The van der Waals surface area contributed by atoms with Crippen LogP contribution in [0.3, 0.4) is 0 Å². The molecule has 1 aromatic carbocycles. The maximum absolute atomic E-state index is 13.6. The first-order valence-corrected chi connectivity index (χ1v) is 13.8. The zero-order valence-electron chi connectivity index (χ0n) is 21.6. The molecule has 0 aliphatic carbocycles. The van der Waals surface area contributed by atoms with E-state index in [-0.39, 0.29) is 12.5 Å². The van der Waals surface area contributed by atoms with Gasteiger partial charge in [-0.2, -0.15) is 0 Å². The molecule has 4 rings (SSSR count). The molecule has 0 saturated carbocycles. The van der Waals surface area contributed by atoms with E-state index in [4.69, 9.17) is 11.6 Å². The number of unbranched alkanes of at least 4 members (excludes halogenated alkanes) is 1. The van der Waals surface area contributed by atoms with Gasteiger partial charge in [-0.05, 0) is 31.9 Å². The number of thiazole rings is 1. The van der Waals surface area contributed by atoms with E-state index in [0.29, 0.717) is 39.8 Å². The van der Waals surface area contributed by atoms with Crippen molar-refractivity contribution in [1.29, 1.82) is 0 Å². The quantitative estimate of drug-likeness (QED) is 0.385. The molecule has 2 aromatic heterocycles. The molecule has 37 heavy (non-hydrogen) atoms. The van der Waals surface area contributed by atoms with Crippen LogP contribution in [-0.4, -0.2) is 76.7 Å². The van der Waals surface area contributed by atoms with Gasteiger partial charge in [0, 0.05) is 45.3 Å². The minimum Gasteiger partial charge on any atom is -0.395 e. The predicted octanol–water partition coefficient (Wildman–Crippen LogP) is 4.51. The third kappa shape index (κ3) is 6.75. The number of benzene rings is 1. The summed E-state index contributed by atoms with van der Waals surface area (Å²) in [5.41, 5.74) is 1.71. The Kier molecular flexibility index (Phi) is 9.31. The van der Waals surface area contributed by atoms with E-state index in [0.717, 1.165) is 56.1 Å². The zero-order valence-corrected chi connectivity index (χ0v) is 23.1. The van der Waals surface area contributed by atoms with Gasteiger partial charge in [-0.25, -0.2) is 15.0 Å². The summed E-state index contributed by atoms with van der Waals surface area (Å²) in [6.07, 6.45) is 3.45. The van der Waals surface area contributed by atoms with Crippen LogP contribution in [0.1, 0.15) is 40.8 Å². The van der Waals surface area contributed by atoms with Crippen molar-refractivity contribution in [2.45, 2.75) is 33.6 Å². The lowest BCUT2D eigenvalue weighted by molar-refractivity contribution is 0.0990. The summed E-state index contributed by atoms with van der Waals surface area (Å²) in [5.74, 6) is 2.03. The van der Waals surface area contributed by atoms with Crippen molar-refractivity contribution in [3.05, 3.63) is 51.7 Å². The second-order valence-electron chi connectivity index (χ2n) is 9.08. The van der Waals surface area contributed by atoms with Gasteiger partial charge < -0.3 is 20.2 Å². The van der Waals surface area contributed by atoms with Gasteiger partial charge in [0.25, 0.3) is 5.91 Å². The van der Waals surface area contributed by atoms with Gasteiger partial charge >= 0.3 is 0 Å².